The smallest absolute Gasteiger partial charge is 0.352 e. The van der Waals surface area contributed by atoms with Gasteiger partial charge in [0.2, 0.25) is 11.5 Å². The van der Waals surface area contributed by atoms with E-state index in [1.807, 2.05) is 47.3 Å². The largest absolute Gasteiger partial charge is 1.00 e. The Labute approximate surface area is 236 Å². The predicted molar refractivity (Wildman–Crippen MR) is 130 cm³/mol. The first-order valence-corrected chi connectivity index (χ1v) is 12.9. The minimum absolute atomic E-state index is 0. The molecule has 0 bridgehead atoms. The van der Waals surface area contributed by atoms with Crippen molar-refractivity contribution < 1.29 is 52.9 Å². The number of carboxylic acids is 1. The summed E-state index contributed by atoms with van der Waals surface area (Å²) >= 11 is 2.29. The first-order valence-electron chi connectivity index (χ1n) is 11.1. The molecule has 0 spiro atoms. The number of carbonyl (C=O) groups excluding carboxylic acids is 2. The van der Waals surface area contributed by atoms with Crippen LogP contribution >= 0.6 is 23.3 Å². The third kappa shape index (κ3) is 5.62. The number of hydrogen-bond donors (Lipinski definition) is 3. The molecule has 2 amide bonds. The summed E-state index contributed by atoms with van der Waals surface area (Å²) in [4.78, 5) is 49.0. The zero-order chi connectivity index (χ0) is 25.2. The van der Waals surface area contributed by atoms with Crippen molar-refractivity contribution in [1.29, 1.82) is 0 Å². The quantitative estimate of drug-likeness (QED) is 0.0686. The summed E-state index contributed by atoms with van der Waals surface area (Å²) in [6, 6.07) is 4.62. The number of β-lactam (4-membered cyclic amide) rings is 1. The third-order valence-electron chi connectivity index (χ3n) is 5.80. The Morgan fingerprint density at radius 3 is 2.76 bits per heavy atom. The third-order valence-corrected chi connectivity index (χ3v) is 7.69. The highest BCUT2D eigenvalue weighted by molar-refractivity contribution is 8.00. The molecule has 1 fully saturated rings. The van der Waals surface area contributed by atoms with Gasteiger partial charge >= 0.3 is 5.97 Å². The van der Waals surface area contributed by atoms with Crippen LogP contribution in [0, 0.1) is 0 Å². The first-order chi connectivity index (χ1) is 17.4. The lowest BCUT2D eigenvalue weighted by Gasteiger charge is -2.49. The molecule has 194 valence electrons. The van der Waals surface area contributed by atoms with Crippen LogP contribution in [-0.2, 0) is 25.8 Å². The topological polar surface area (TPSA) is 164 Å². The van der Waals surface area contributed by atoms with Crippen LogP contribution in [0.5, 0.6) is 0 Å². The number of allylic oxidation sites excluding steroid dienone is 1. The molecule has 1 saturated heterocycles. The van der Waals surface area contributed by atoms with Gasteiger partial charge in [-0.25, -0.2) is 9.36 Å². The van der Waals surface area contributed by atoms with Gasteiger partial charge in [0.15, 0.2) is 24.1 Å². The second-order valence-corrected chi connectivity index (χ2v) is 10.1. The van der Waals surface area contributed by atoms with Crippen molar-refractivity contribution in [3.8, 4) is 0 Å². The van der Waals surface area contributed by atoms with Crippen LogP contribution in [0.25, 0.3) is 0 Å². The molecule has 2 aromatic rings. The Hall–Kier alpha value is -3.05. The van der Waals surface area contributed by atoms with E-state index in [2.05, 4.69) is 19.8 Å². The Kier molecular flexibility index (Phi) is 8.43. The summed E-state index contributed by atoms with van der Waals surface area (Å²) in [5, 5.41) is 16.1. The molecule has 12 nitrogen and oxygen atoms in total. The molecule has 0 radical (unpaired) electrons. The number of oxime groups is 1. The number of pyridine rings is 1. The van der Waals surface area contributed by atoms with Crippen molar-refractivity contribution in [2.75, 3.05) is 11.5 Å². The Bertz CT molecular complexity index is 1300. The second kappa shape index (κ2) is 11.6. The number of amides is 2. The second-order valence-electron chi connectivity index (χ2n) is 8.21. The summed E-state index contributed by atoms with van der Waals surface area (Å²) in [6.45, 7) is 0.337. The number of nitrogen functional groups attached to an aromatic ring is 1. The van der Waals surface area contributed by atoms with E-state index in [1.165, 1.54) is 16.7 Å². The molecule has 37 heavy (non-hydrogen) atoms. The highest BCUT2D eigenvalue weighted by Gasteiger charge is 2.54. The fourth-order valence-electron chi connectivity index (χ4n) is 4.10. The van der Waals surface area contributed by atoms with E-state index in [0.29, 0.717) is 17.9 Å². The number of hydrogen-bond acceptors (Lipinski definition) is 10. The van der Waals surface area contributed by atoms with Gasteiger partial charge in [0.05, 0.1) is 0 Å². The highest BCUT2D eigenvalue weighted by atomic mass is 127. The van der Waals surface area contributed by atoms with Gasteiger partial charge in [-0.2, -0.15) is 9.36 Å². The van der Waals surface area contributed by atoms with E-state index in [4.69, 9.17) is 10.6 Å². The maximum absolute atomic E-state index is 13.1. The van der Waals surface area contributed by atoms with Crippen molar-refractivity contribution in [2.45, 2.75) is 36.9 Å². The van der Waals surface area contributed by atoms with E-state index in [9.17, 15) is 19.5 Å². The molecule has 4 heterocycles. The van der Waals surface area contributed by atoms with Crippen molar-refractivity contribution in [3.63, 3.8) is 0 Å². The van der Waals surface area contributed by atoms with Crippen molar-refractivity contribution in [1.82, 2.24) is 19.6 Å². The van der Waals surface area contributed by atoms with Crippen molar-refractivity contribution in [3.05, 3.63) is 59.8 Å². The number of halogens is 1. The molecule has 3 atom stereocenters. The van der Waals surface area contributed by atoms with Crippen LogP contribution in [0.2, 0.25) is 0 Å². The van der Waals surface area contributed by atoms with Gasteiger partial charge < -0.3 is 45.0 Å². The average molecular weight is 656 g/mol. The van der Waals surface area contributed by atoms with Gasteiger partial charge in [0.1, 0.15) is 23.2 Å². The number of anilines is 1. The summed E-state index contributed by atoms with van der Waals surface area (Å²) < 4.78 is 5.89. The van der Waals surface area contributed by atoms with Gasteiger partial charge in [-0.1, -0.05) is 17.3 Å². The summed E-state index contributed by atoms with van der Waals surface area (Å²) in [7, 11) is 0. The maximum Gasteiger partial charge on any atom is 0.352 e. The van der Waals surface area contributed by atoms with E-state index in [0.717, 1.165) is 24.4 Å². The van der Waals surface area contributed by atoms with Crippen LogP contribution in [0.15, 0.2) is 59.2 Å². The van der Waals surface area contributed by atoms with Crippen LogP contribution < -0.4 is 39.6 Å². The van der Waals surface area contributed by atoms with Crippen LogP contribution in [0.4, 0.5) is 5.13 Å². The number of aliphatic carboxylic acids is 1. The van der Waals surface area contributed by atoms with Crippen molar-refractivity contribution in [2.24, 2.45) is 5.16 Å². The molecule has 15 heteroatoms. The monoisotopic (exact) mass is 655 g/mol. The summed E-state index contributed by atoms with van der Waals surface area (Å²) in [5.41, 5.74) is 6.03. The lowest BCUT2D eigenvalue weighted by atomic mass is 10.0. The number of nitrogens with one attached hydrogen (secondary N) is 1. The number of thioether (sulfide) groups is 1. The number of nitrogens with zero attached hydrogens (tertiary/aromatic N) is 5. The number of fused-ring (bicyclic) bond motifs is 1. The maximum atomic E-state index is 13.1. The van der Waals surface area contributed by atoms with E-state index < -0.39 is 29.2 Å². The van der Waals surface area contributed by atoms with Gasteiger partial charge in [-0.15, -0.1) is 11.8 Å². The highest BCUT2D eigenvalue weighted by Crippen LogP contribution is 2.40. The number of nitrogens with two attached hydrogens (primary N) is 1. The molecule has 0 aromatic carbocycles. The fraction of sp³-hybridized carbons (Fsp3) is 0.318. The normalized spacial score (nSPS) is 22.7. The van der Waals surface area contributed by atoms with Gasteiger partial charge in [0, 0.05) is 35.0 Å². The number of carboxylic acid groups (broad SMARTS) is 1. The Balaban J connectivity index is 0.00000320. The standard InChI is InChI=1S/C22H21N7O5S2.HI/c23-22-25-17(27-36-22)14(26-34-13-6-2-3-7-13)18(30)24-15-19(31)29-16(21(32)33)12(11-35-20(15)29)10-28-8-4-1-5-9-28;/h1-2,4-6,8-9,13,15,20H,3,7,10-11H2,(H3-,23,24,25,27,30,32,33);1H/b26-14-;/t13?,15?,20-;/m1./s1. The molecule has 3 aliphatic rings. The summed E-state index contributed by atoms with van der Waals surface area (Å²) in [5.74, 6) is -2.03. The van der Waals surface area contributed by atoms with Crippen LogP contribution in [0.3, 0.4) is 0 Å². The number of aromatic nitrogens is 3. The molecule has 2 aromatic heterocycles. The van der Waals surface area contributed by atoms with Crippen LogP contribution in [0.1, 0.15) is 18.7 Å². The molecule has 4 N–H and O–H groups in total. The molecule has 0 saturated carbocycles. The van der Waals surface area contributed by atoms with Crippen molar-refractivity contribution >= 4 is 51.9 Å². The van der Waals surface area contributed by atoms with Crippen LogP contribution in [-0.4, -0.2) is 66.1 Å². The number of carbonyl (C=O) groups is 3. The number of rotatable bonds is 8. The lowest BCUT2D eigenvalue weighted by molar-refractivity contribution is -0.689. The summed E-state index contributed by atoms with van der Waals surface area (Å²) in [6.07, 6.45) is 8.76. The Morgan fingerprint density at radius 2 is 2.11 bits per heavy atom. The molecular formula is C22H22IN7O5S2. The van der Waals surface area contributed by atoms with Gasteiger partial charge in [-0.05, 0) is 18.9 Å². The first kappa shape index (κ1) is 27.0. The molecule has 2 unspecified atom stereocenters. The molecule has 2 aliphatic heterocycles. The zero-order valence-corrected chi connectivity index (χ0v) is 23.0. The molecule has 5 rings (SSSR count). The van der Waals surface area contributed by atoms with Gasteiger partial charge in [-0.3, -0.25) is 14.5 Å². The Morgan fingerprint density at radius 1 is 1.32 bits per heavy atom. The minimum Gasteiger partial charge on any atom is -1.00 e. The SMILES string of the molecule is Nc1nc(/C(=N/OC2C=CCC2)C(=O)NC2C(=O)N3C(C(=O)O)=C(C[n+]4ccccc4)CS[C@H]23)ns1.[I-]. The van der Waals surface area contributed by atoms with Gasteiger partial charge in [0.25, 0.3) is 11.8 Å². The zero-order valence-electron chi connectivity index (χ0n) is 19.2. The predicted octanol–water partition coefficient (Wildman–Crippen LogP) is -2.71. The average Bonchev–Trinajstić information content (AvgIpc) is 3.55. The minimum atomic E-state index is -1.19. The van der Waals surface area contributed by atoms with E-state index in [1.54, 1.807) is 0 Å². The molecular weight excluding hydrogens is 633 g/mol. The van der Waals surface area contributed by atoms with E-state index in [-0.39, 0.29) is 52.4 Å². The fourth-order valence-corrected chi connectivity index (χ4v) is 5.87. The molecule has 1 aliphatic carbocycles. The van der Waals surface area contributed by atoms with E-state index >= 15 is 0 Å². The lowest BCUT2D eigenvalue weighted by Crippen LogP contribution is -3.00.